The minimum Gasteiger partial charge on any atom is -0.411 e. The molecule has 1 N–H and O–H groups in total. The number of aromatic nitrogens is 2. The highest BCUT2D eigenvalue weighted by Crippen LogP contribution is 2.30. The summed E-state index contributed by atoms with van der Waals surface area (Å²) in [6.45, 7) is 4.12. The molecule has 1 aliphatic rings. The predicted octanol–water partition coefficient (Wildman–Crippen LogP) is 4.64. The molecule has 1 aliphatic carbocycles. The van der Waals surface area contributed by atoms with Crippen LogP contribution in [0.3, 0.4) is 0 Å². The monoisotopic (exact) mass is 393 g/mol. The topological polar surface area (TPSA) is 68.0 Å². The van der Waals surface area contributed by atoms with Gasteiger partial charge in [0.05, 0.1) is 11.8 Å². The van der Waals surface area contributed by atoms with Crippen LogP contribution in [0.25, 0.3) is 11.5 Å². The quantitative estimate of drug-likeness (QED) is 0.640. The number of hydrogen-bond acceptors (Lipinski definition) is 5. The molecule has 0 spiro atoms. The molecule has 1 amide bonds. The Morgan fingerprint density at radius 3 is 2.89 bits per heavy atom. The zero-order valence-corrected chi connectivity index (χ0v) is 16.9. The van der Waals surface area contributed by atoms with Gasteiger partial charge >= 0.3 is 0 Å². The second-order valence-electron chi connectivity index (χ2n) is 7.17. The fourth-order valence-electron chi connectivity index (χ4n) is 3.53. The van der Waals surface area contributed by atoms with Crippen LogP contribution < -0.4 is 5.32 Å². The van der Waals surface area contributed by atoms with Crippen molar-refractivity contribution >= 4 is 17.7 Å². The molecule has 1 aromatic heterocycles. The van der Waals surface area contributed by atoms with Gasteiger partial charge in [-0.2, -0.15) is 0 Å². The Morgan fingerprint density at radius 2 is 2.04 bits per heavy atom. The Labute approximate surface area is 168 Å². The molecular weight excluding hydrogens is 370 g/mol. The van der Waals surface area contributed by atoms with Crippen LogP contribution in [0, 0.1) is 13.8 Å². The second kappa shape index (κ2) is 8.19. The van der Waals surface area contributed by atoms with Gasteiger partial charge in [-0.1, -0.05) is 42.1 Å². The van der Waals surface area contributed by atoms with Gasteiger partial charge < -0.3 is 9.73 Å². The van der Waals surface area contributed by atoms with Gasteiger partial charge in [0.15, 0.2) is 0 Å². The number of nitrogens with one attached hydrogen (secondary N) is 1. The van der Waals surface area contributed by atoms with Crippen LogP contribution in [-0.2, 0) is 11.2 Å². The number of nitrogens with zero attached hydrogens (tertiary/aromatic N) is 2. The van der Waals surface area contributed by atoms with Crippen molar-refractivity contribution < 1.29 is 9.21 Å². The first-order valence-electron chi connectivity index (χ1n) is 9.51. The van der Waals surface area contributed by atoms with Crippen molar-refractivity contribution in [3.05, 3.63) is 64.7 Å². The van der Waals surface area contributed by atoms with Crippen molar-refractivity contribution in [2.24, 2.45) is 0 Å². The van der Waals surface area contributed by atoms with Crippen molar-refractivity contribution in [3.63, 3.8) is 0 Å². The molecule has 0 saturated carbocycles. The zero-order valence-electron chi connectivity index (χ0n) is 16.1. The summed E-state index contributed by atoms with van der Waals surface area (Å²) in [5.41, 5.74) is 5.87. The molecule has 0 aliphatic heterocycles. The summed E-state index contributed by atoms with van der Waals surface area (Å²) in [6.07, 6.45) is 3.16. The molecule has 1 heterocycles. The van der Waals surface area contributed by atoms with Crippen LogP contribution in [-0.4, -0.2) is 21.9 Å². The molecule has 0 fully saturated rings. The van der Waals surface area contributed by atoms with Gasteiger partial charge in [0.25, 0.3) is 5.22 Å². The number of fused-ring (bicyclic) bond motifs is 1. The van der Waals surface area contributed by atoms with E-state index >= 15 is 0 Å². The Hall–Kier alpha value is -2.60. The molecular formula is C22H23N3O2S. The number of rotatable bonds is 5. The smallest absolute Gasteiger partial charge is 0.277 e. The Kier molecular flexibility index (Phi) is 5.48. The van der Waals surface area contributed by atoms with Crippen molar-refractivity contribution in [2.75, 3.05) is 5.75 Å². The van der Waals surface area contributed by atoms with Crippen LogP contribution in [0.1, 0.15) is 41.1 Å². The molecule has 0 bridgehead atoms. The number of aryl methyl sites for hydroxylation is 3. The number of hydrogen-bond donors (Lipinski definition) is 1. The molecule has 6 heteroatoms. The maximum atomic E-state index is 12.4. The molecule has 2 aromatic carbocycles. The van der Waals surface area contributed by atoms with E-state index < -0.39 is 0 Å². The minimum absolute atomic E-state index is 0.0161. The van der Waals surface area contributed by atoms with E-state index in [9.17, 15) is 4.79 Å². The molecule has 0 radical (unpaired) electrons. The predicted molar refractivity (Wildman–Crippen MR) is 110 cm³/mol. The summed E-state index contributed by atoms with van der Waals surface area (Å²) in [7, 11) is 0. The lowest BCUT2D eigenvalue weighted by atomic mass is 9.88. The fraction of sp³-hybridized carbons (Fsp3) is 0.318. The number of carbonyl (C=O) groups is 1. The third-order valence-corrected chi connectivity index (χ3v) is 6.01. The summed E-state index contributed by atoms with van der Waals surface area (Å²) < 4.78 is 5.72. The maximum Gasteiger partial charge on any atom is 0.277 e. The lowest BCUT2D eigenvalue weighted by molar-refractivity contribution is -0.119. The van der Waals surface area contributed by atoms with E-state index in [4.69, 9.17) is 4.42 Å². The van der Waals surface area contributed by atoms with E-state index in [1.54, 1.807) is 0 Å². The van der Waals surface area contributed by atoms with Crippen LogP contribution >= 0.6 is 11.8 Å². The molecule has 1 atom stereocenters. The van der Waals surface area contributed by atoms with Gasteiger partial charge in [-0.05, 0) is 67.5 Å². The molecule has 5 nitrogen and oxygen atoms in total. The summed E-state index contributed by atoms with van der Waals surface area (Å²) in [4.78, 5) is 12.4. The van der Waals surface area contributed by atoms with Crippen molar-refractivity contribution in [1.82, 2.24) is 15.5 Å². The average molecular weight is 394 g/mol. The van der Waals surface area contributed by atoms with E-state index in [0.29, 0.717) is 11.1 Å². The van der Waals surface area contributed by atoms with E-state index in [0.717, 1.165) is 24.8 Å². The van der Waals surface area contributed by atoms with E-state index in [1.807, 2.05) is 24.3 Å². The van der Waals surface area contributed by atoms with Crippen LogP contribution in [0.4, 0.5) is 0 Å². The Morgan fingerprint density at radius 1 is 1.18 bits per heavy atom. The molecule has 144 valence electrons. The molecule has 1 unspecified atom stereocenters. The summed E-state index contributed by atoms with van der Waals surface area (Å²) in [5, 5.41) is 11.7. The highest BCUT2D eigenvalue weighted by Gasteiger charge is 2.21. The number of carbonyl (C=O) groups excluding carboxylic acids is 1. The summed E-state index contributed by atoms with van der Waals surface area (Å²) >= 11 is 1.27. The maximum absolute atomic E-state index is 12.4. The number of benzene rings is 2. The largest absolute Gasteiger partial charge is 0.411 e. The lowest BCUT2D eigenvalue weighted by Gasteiger charge is -2.26. The van der Waals surface area contributed by atoms with Gasteiger partial charge in [-0.3, -0.25) is 4.79 Å². The van der Waals surface area contributed by atoms with Crippen LogP contribution in [0.5, 0.6) is 0 Å². The van der Waals surface area contributed by atoms with Crippen molar-refractivity contribution in [2.45, 2.75) is 44.4 Å². The first-order chi connectivity index (χ1) is 13.6. The highest BCUT2D eigenvalue weighted by molar-refractivity contribution is 7.99. The third-order valence-electron chi connectivity index (χ3n) is 5.19. The van der Waals surface area contributed by atoms with Gasteiger partial charge in [-0.15, -0.1) is 10.2 Å². The lowest BCUT2D eigenvalue weighted by Crippen LogP contribution is -2.32. The van der Waals surface area contributed by atoms with Crippen molar-refractivity contribution in [1.29, 1.82) is 0 Å². The van der Waals surface area contributed by atoms with Gasteiger partial charge in [0.1, 0.15) is 0 Å². The van der Waals surface area contributed by atoms with Gasteiger partial charge in [0.2, 0.25) is 11.8 Å². The third kappa shape index (κ3) is 4.12. The summed E-state index contributed by atoms with van der Waals surface area (Å²) in [5.74, 6) is 0.720. The van der Waals surface area contributed by atoms with Crippen molar-refractivity contribution in [3.8, 4) is 11.5 Å². The van der Waals surface area contributed by atoms with Gasteiger partial charge in [-0.25, -0.2) is 0 Å². The van der Waals surface area contributed by atoms with Crippen LogP contribution in [0.15, 0.2) is 52.1 Å². The second-order valence-corrected chi connectivity index (χ2v) is 8.10. The molecule has 3 aromatic rings. The van der Waals surface area contributed by atoms with E-state index in [1.165, 1.54) is 34.0 Å². The van der Waals surface area contributed by atoms with Gasteiger partial charge in [0, 0.05) is 5.56 Å². The van der Waals surface area contributed by atoms with E-state index in [-0.39, 0.29) is 17.7 Å². The zero-order chi connectivity index (χ0) is 19.5. The normalized spacial score (nSPS) is 15.9. The first kappa shape index (κ1) is 18.7. The average Bonchev–Trinajstić information content (AvgIpc) is 3.18. The number of amides is 1. The number of thioether (sulfide) groups is 1. The molecule has 4 rings (SSSR count). The fourth-order valence-corrected chi connectivity index (χ4v) is 4.10. The Bertz CT molecular complexity index is 999. The highest BCUT2D eigenvalue weighted by atomic mass is 32.2. The minimum atomic E-state index is -0.0161. The van der Waals surface area contributed by atoms with Crippen LogP contribution in [0.2, 0.25) is 0 Å². The van der Waals surface area contributed by atoms with E-state index in [2.05, 4.69) is 47.6 Å². The Balaban J connectivity index is 1.36. The SMILES string of the molecule is Cc1ccc(-c2nnc(SCC(=O)NC3CCCc4ccccc43)o2)cc1C. The first-order valence-corrected chi connectivity index (χ1v) is 10.5. The standard InChI is InChI=1S/C22H23N3O2S/c1-14-10-11-17(12-15(14)2)21-24-25-22(27-21)28-13-20(26)23-19-9-5-7-16-6-3-4-8-18(16)19/h3-4,6,8,10-12,19H,5,7,9,13H2,1-2H3,(H,23,26). The summed E-state index contributed by atoms with van der Waals surface area (Å²) in [6, 6.07) is 14.5. The molecule has 28 heavy (non-hydrogen) atoms. The molecule has 0 saturated heterocycles.